The molecule has 1 fully saturated rings. The van der Waals surface area contributed by atoms with Crippen molar-refractivity contribution >= 4 is 40.1 Å². The van der Waals surface area contributed by atoms with Crippen LogP contribution in [0.4, 0.5) is 23.1 Å². The topological polar surface area (TPSA) is 108 Å². The van der Waals surface area contributed by atoms with Gasteiger partial charge in [0.2, 0.25) is 5.95 Å². The zero-order valence-electron chi connectivity index (χ0n) is 23.9. The number of carbonyl (C=O) groups excluding carboxylic acids is 1. The molecule has 5 rings (SSSR count). The maximum absolute atomic E-state index is 13.4. The first kappa shape index (κ1) is 27.3. The number of anilines is 4. The second kappa shape index (κ2) is 11.1. The summed E-state index contributed by atoms with van der Waals surface area (Å²) in [7, 11) is 3.69. The van der Waals surface area contributed by atoms with Crippen LogP contribution < -0.4 is 20.3 Å². The minimum Gasteiger partial charge on any atom is -0.496 e. The summed E-state index contributed by atoms with van der Waals surface area (Å²) in [6.07, 6.45) is 3.24. The quantitative estimate of drug-likeness (QED) is 0.357. The molecular formula is C30H36N8O2. The smallest absolute Gasteiger partial charge is 0.259 e. The van der Waals surface area contributed by atoms with Gasteiger partial charge in [-0.3, -0.25) is 4.79 Å². The molecule has 0 radical (unpaired) electrons. The summed E-state index contributed by atoms with van der Waals surface area (Å²) in [5.74, 6) is 1.53. The normalized spacial score (nSPS) is 14.3. The summed E-state index contributed by atoms with van der Waals surface area (Å²) in [4.78, 5) is 36.1. The number of carbonyl (C=O) groups is 1. The molecule has 0 unspecified atom stereocenters. The van der Waals surface area contributed by atoms with Gasteiger partial charge in [0, 0.05) is 37.6 Å². The van der Waals surface area contributed by atoms with Gasteiger partial charge in [-0.2, -0.15) is 0 Å². The lowest BCUT2D eigenvalue weighted by Crippen LogP contribution is -2.45. The number of fused-ring (bicyclic) bond motifs is 1. The number of likely N-dealkylation sites (N-methyl/N-ethyl adjacent to an activating group) is 1. The van der Waals surface area contributed by atoms with E-state index in [9.17, 15) is 4.79 Å². The predicted octanol–water partition coefficient (Wildman–Crippen LogP) is 4.78. The first-order valence-corrected chi connectivity index (χ1v) is 13.4. The molecule has 0 atom stereocenters. The lowest BCUT2D eigenvalue weighted by Gasteiger charge is -2.32. The number of methoxy groups -OCH3 is 1. The van der Waals surface area contributed by atoms with E-state index in [0.29, 0.717) is 39.8 Å². The van der Waals surface area contributed by atoms with Crippen molar-refractivity contribution in [3.8, 4) is 5.75 Å². The number of benzene rings is 2. The Morgan fingerprint density at radius 2 is 1.77 bits per heavy atom. The number of amides is 1. The van der Waals surface area contributed by atoms with Gasteiger partial charge in [0.1, 0.15) is 23.1 Å². The van der Waals surface area contributed by atoms with Crippen LogP contribution in [0.3, 0.4) is 0 Å². The number of ether oxygens (including phenoxy) is 1. The molecule has 10 nitrogen and oxygen atoms in total. The fourth-order valence-corrected chi connectivity index (χ4v) is 4.61. The summed E-state index contributed by atoms with van der Waals surface area (Å²) < 4.78 is 5.49. The molecule has 0 aliphatic carbocycles. The highest BCUT2D eigenvalue weighted by Crippen LogP contribution is 2.30. The molecule has 1 amide bonds. The predicted molar refractivity (Wildman–Crippen MR) is 159 cm³/mol. The average Bonchev–Trinajstić information content (AvgIpc) is 2.94. The minimum atomic E-state index is -0.241. The molecule has 0 bridgehead atoms. The standard InChI is InChI=1S/C30H36N8O2/c1-19-7-9-21(34-28(39)22-15-20(30(2,3)4)8-10-25(22)40-6)16-23(19)35-27-26-24(32-18-33-27)17-31-29(36-26)38-13-11-37(5)12-14-38/h7-10,15-18H,11-14H2,1-6H3,(H,34,39)(H,32,33,35). The van der Waals surface area contributed by atoms with Crippen LogP contribution in [0.15, 0.2) is 48.9 Å². The van der Waals surface area contributed by atoms with Crippen molar-refractivity contribution in [3.05, 3.63) is 65.6 Å². The van der Waals surface area contributed by atoms with E-state index < -0.39 is 0 Å². The molecule has 3 heterocycles. The summed E-state index contributed by atoms with van der Waals surface area (Å²) in [5, 5.41) is 6.44. The molecule has 4 aromatic rings. The largest absolute Gasteiger partial charge is 0.496 e. The summed E-state index contributed by atoms with van der Waals surface area (Å²) in [6, 6.07) is 11.5. The molecule has 10 heteroatoms. The number of hydrogen-bond donors (Lipinski definition) is 2. The highest BCUT2D eigenvalue weighted by atomic mass is 16.5. The third kappa shape index (κ3) is 5.81. The molecule has 2 N–H and O–H groups in total. The lowest BCUT2D eigenvalue weighted by atomic mass is 9.86. The third-order valence-corrected chi connectivity index (χ3v) is 7.21. The molecule has 0 spiro atoms. The Balaban J connectivity index is 1.41. The van der Waals surface area contributed by atoms with Gasteiger partial charge in [-0.15, -0.1) is 0 Å². The number of nitrogens with zero attached hydrogens (tertiary/aromatic N) is 6. The maximum atomic E-state index is 13.4. The molecule has 40 heavy (non-hydrogen) atoms. The van der Waals surface area contributed by atoms with Crippen molar-refractivity contribution in [3.63, 3.8) is 0 Å². The molecule has 2 aromatic heterocycles. The number of rotatable bonds is 6. The van der Waals surface area contributed by atoms with Crippen LogP contribution in [0, 0.1) is 6.92 Å². The van der Waals surface area contributed by atoms with Crippen LogP contribution >= 0.6 is 0 Å². The fraction of sp³-hybridized carbons (Fsp3) is 0.367. The van der Waals surface area contributed by atoms with Crippen LogP contribution in [-0.2, 0) is 5.41 Å². The van der Waals surface area contributed by atoms with Crippen LogP contribution in [0.5, 0.6) is 5.75 Å². The van der Waals surface area contributed by atoms with Gasteiger partial charge >= 0.3 is 0 Å². The van der Waals surface area contributed by atoms with Gasteiger partial charge in [-0.05, 0) is 54.8 Å². The minimum absolute atomic E-state index is 0.101. The average molecular weight is 541 g/mol. The molecule has 208 valence electrons. The molecule has 1 aliphatic heterocycles. The third-order valence-electron chi connectivity index (χ3n) is 7.21. The zero-order chi connectivity index (χ0) is 28.4. The summed E-state index contributed by atoms with van der Waals surface area (Å²) in [6.45, 7) is 12.0. The molecular weight excluding hydrogens is 504 g/mol. The Bertz CT molecular complexity index is 1540. The van der Waals surface area contributed by atoms with Gasteiger partial charge < -0.3 is 25.2 Å². The Hall–Kier alpha value is -4.31. The van der Waals surface area contributed by atoms with Gasteiger partial charge in [0.05, 0.1) is 18.9 Å². The molecule has 2 aromatic carbocycles. The SMILES string of the molecule is COc1ccc(C(C)(C)C)cc1C(=O)Nc1ccc(C)c(Nc2ncnc3cnc(N4CCN(C)CC4)nc23)c1. The molecule has 1 saturated heterocycles. The lowest BCUT2D eigenvalue weighted by molar-refractivity contribution is 0.102. The summed E-state index contributed by atoms with van der Waals surface area (Å²) in [5.41, 5.74) is 5.17. The van der Waals surface area contributed by atoms with Crippen LogP contribution in [0.2, 0.25) is 0 Å². The van der Waals surface area contributed by atoms with E-state index >= 15 is 0 Å². The second-order valence-corrected chi connectivity index (χ2v) is 11.2. The van der Waals surface area contributed by atoms with Gasteiger partial charge in [-0.25, -0.2) is 19.9 Å². The first-order chi connectivity index (χ1) is 19.1. The van der Waals surface area contributed by atoms with Gasteiger partial charge in [-0.1, -0.05) is 32.9 Å². The van der Waals surface area contributed by atoms with E-state index in [2.05, 4.69) is 63.2 Å². The van der Waals surface area contributed by atoms with Crippen molar-refractivity contribution < 1.29 is 9.53 Å². The summed E-state index contributed by atoms with van der Waals surface area (Å²) >= 11 is 0. The van der Waals surface area contributed by atoms with Crippen molar-refractivity contribution in [2.75, 3.05) is 55.9 Å². The molecule has 0 saturated carbocycles. The Morgan fingerprint density at radius 3 is 2.50 bits per heavy atom. The van der Waals surface area contributed by atoms with Crippen molar-refractivity contribution in [2.45, 2.75) is 33.1 Å². The van der Waals surface area contributed by atoms with E-state index in [1.807, 2.05) is 43.3 Å². The van der Waals surface area contributed by atoms with Crippen LogP contribution in [-0.4, -0.2) is 71.1 Å². The van der Waals surface area contributed by atoms with E-state index in [-0.39, 0.29) is 11.3 Å². The van der Waals surface area contributed by atoms with Crippen molar-refractivity contribution in [2.24, 2.45) is 0 Å². The maximum Gasteiger partial charge on any atom is 0.259 e. The van der Waals surface area contributed by atoms with Crippen molar-refractivity contribution in [1.82, 2.24) is 24.8 Å². The monoisotopic (exact) mass is 540 g/mol. The number of piperazine rings is 1. The van der Waals surface area contributed by atoms with Gasteiger partial charge in [0.25, 0.3) is 5.91 Å². The number of aromatic nitrogens is 4. The zero-order valence-corrected chi connectivity index (χ0v) is 23.9. The highest BCUT2D eigenvalue weighted by molar-refractivity contribution is 6.06. The number of aryl methyl sites for hydroxylation is 1. The Labute approximate surface area is 234 Å². The van der Waals surface area contributed by atoms with E-state index in [0.717, 1.165) is 43.0 Å². The van der Waals surface area contributed by atoms with E-state index in [4.69, 9.17) is 9.72 Å². The van der Waals surface area contributed by atoms with E-state index in [1.54, 1.807) is 13.3 Å². The van der Waals surface area contributed by atoms with Gasteiger partial charge in [0.15, 0.2) is 5.82 Å². The highest BCUT2D eigenvalue weighted by Gasteiger charge is 2.21. The number of hydrogen-bond acceptors (Lipinski definition) is 9. The first-order valence-electron chi connectivity index (χ1n) is 13.4. The van der Waals surface area contributed by atoms with Crippen LogP contribution in [0.1, 0.15) is 42.3 Å². The number of nitrogens with one attached hydrogen (secondary N) is 2. The Kier molecular flexibility index (Phi) is 7.53. The van der Waals surface area contributed by atoms with E-state index in [1.165, 1.54) is 6.33 Å². The van der Waals surface area contributed by atoms with Crippen molar-refractivity contribution in [1.29, 1.82) is 0 Å². The fourth-order valence-electron chi connectivity index (χ4n) is 4.61. The van der Waals surface area contributed by atoms with Crippen LogP contribution in [0.25, 0.3) is 11.0 Å². The second-order valence-electron chi connectivity index (χ2n) is 11.2. The Morgan fingerprint density at radius 1 is 1.00 bits per heavy atom. The molecule has 1 aliphatic rings.